The minimum absolute atomic E-state index is 0.208. The molecule has 0 radical (unpaired) electrons. The van der Waals surface area contributed by atoms with Gasteiger partial charge in [0.05, 0.1) is 18.1 Å². The maximum absolute atomic E-state index is 11.4. The van der Waals surface area contributed by atoms with Crippen molar-refractivity contribution in [1.82, 2.24) is 10.2 Å². The monoisotopic (exact) mass is 312 g/mol. The lowest BCUT2D eigenvalue weighted by atomic mass is 10.1. The molecule has 21 heavy (non-hydrogen) atoms. The fourth-order valence-electron chi connectivity index (χ4n) is 2.39. The van der Waals surface area contributed by atoms with Crippen LogP contribution in [0, 0.1) is 0 Å². The van der Waals surface area contributed by atoms with E-state index in [4.69, 9.17) is 4.74 Å². The quantitative estimate of drug-likeness (QED) is 0.851. The van der Waals surface area contributed by atoms with Crippen molar-refractivity contribution in [3.05, 3.63) is 29.8 Å². The van der Waals surface area contributed by atoms with Gasteiger partial charge in [-0.1, -0.05) is 12.1 Å². The Morgan fingerprint density at radius 1 is 1.24 bits per heavy atom. The van der Waals surface area contributed by atoms with Crippen LogP contribution in [0.25, 0.3) is 0 Å². The van der Waals surface area contributed by atoms with E-state index in [-0.39, 0.29) is 6.04 Å². The van der Waals surface area contributed by atoms with Gasteiger partial charge in [-0.3, -0.25) is 4.90 Å². The first-order valence-electron chi connectivity index (χ1n) is 7.30. The van der Waals surface area contributed by atoms with E-state index in [0.29, 0.717) is 4.90 Å². The van der Waals surface area contributed by atoms with Crippen LogP contribution in [0.2, 0.25) is 0 Å². The average molecular weight is 312 g/mol. The first-order valence-corrected chi connectivity index (χ1v) is 9.19. The lowest BCUT2D eigenvalue weighted by molar-refractivity contribution is 0.0382. The molecule has 0 aromatic heterocycles. The molecular formula is C15H24N2O3S. The molecule has 118 valence electrons. The van der Waals surface area contributed by atoms with Gasteiger partial charge in [-0.05, 0) is 24.6 Å². The summed E-state index contributed by atoms with van der Waals surface area (Å²) in [6.45, 7) is 7.65. The van der Waals surface area contributed by atoms with Crippen LogP contribution in [0.4, 0.5) is 0 Å². The SMILES string of the molecule is CC(NCCN1CCOCC1)c1ccc(S(C)(=O)=O)cc1. The molecule has 1 heterocycles. The lowest BCUT2D eigenvalue weighted by Crippen LogP contribution is -2.40. The molecule has 0 amide bonds. The Hall–Kier alpha value is -0.950. The number of sulfone groups is 1. The molecule has 0 spiro atoms. The summed E-state index contributed by atoms with van der Waals surface area (Å²) in [5, 5.41) is 3.47. The molecule has 5 nitrogen and oxygen atoms in total. The van der Waals surface area contributed by atoms with Crippen molar-refractivity contribution >= 4 is 9.84 Å². The van der Waals surface area contributed by atoms with E-state index in [0.717, 1.165) is 45.0 Å². The van der Waals surface area contributed by atoms with Gasteiger partial charge in [0.15, 0.2) is 9.84 Å². The number of nitrogens with one attached hydrogen (secondary N) is 1. The standard InChI is InChI=1S/C15H24N2O3S/c1-13(16-7-8-17-9-11-20-12-10-17)14-3-5-15(6-4-14)21(2,18)19/h3-6,13,16H,7-12H2,1-2H3. The molecule has 1 atom stereocenters. The Balaban J connectivity index is 1.81. The summed E-state index contributed by atoms with van der Waals surface area (Å²) in [5.41, 5.74) is 1.10. The van der Waals surface area contributed by atoms with Crippen LogP contribution in [0.5, 0.6) is 0 Å². The maximum atomic E-state index is 11.4. The number of hydrogen-bond acceptors (Lipinski definition) is 5. The summed E-state index contributed by atoms with van der Waals surface area (Å²) in [6, 6.07) is 7.31. The summed E-state index contributed by atoms with van der Waals surface area (Å²) < 4.78 is 28.2. The predicted molar refractivity (Wildman–Crippen MR) is 83.2 cm³/mol. The fourth-order valence-corrected chi connectivity index (χ4v) is 3.02. The highest BCUT2D eigenvalue weighted by molar-refractivity contribution is 7.90. The summed E-state index contributed by atoms with van der Waals surface area (Å²) in [6.07, 6.45) is 1.23. The van der Waals surface area contributed by atoms with Crippen molar-refractivity contribution in [1.29, 1.82) is 0 Å². The summed E-state index contributed by atoms with van der Waals surface area (Å²) in [5.74, 6) is 0. The second-order valence-corrected chi connectivity index (χ2v) is 7.49. The Labute approximate surface area is 127 Å². The zero-order chi connectivity index (χ0) is 15.3. The molecule has 1 aliphatic rings. The second kappa shape index (κ2) is 7.35. The molecule has 0 bridgehead atoms. The van der Waals surface area contributed by atoms with Crippen LogP contribution >= 0.6 is 0 Å². The molecule has 0 aliphatic carbocycles. The molecule has 1 aromatic carbocycles. The molecule has 1 aromatic rings. The average Bonchev–Trinajstić information content (AvgIpc) is 2.47. The first kappa shape index (κ1) is 16.4. The Morgan fingerprint density at radius 3 is 2.43 bits per heavy atom. The first-order chi connectivity index (χ1) is 9.97. The molecule has 1 aliphatic heterocycles. The van der Waals surface area contributed by atoms with Crippen LogP contribution in [-0.2, 0) is 14.6 Å². The fraction of sp³-hybridized carbons (Fsp3) is 0.600. The van der Waals surface area contributed by atoms with E-state index >= 15 is 0 Å². The molecule has 6 heteroatoms. The molecule has 1 fully saturated rings. The van der Waals surface area contributed by atoms with Gasteiger partial charge < -0.3 is 10.1 Å². The smallest absolute Gasteiger partial charge is 0.175 e. The van der Waals surface area contributed by atoms with Gasteiger partial charge in [0, 0.05) is 38.5 Å². The van der Waals surface area contributed by atoms with E-state index in [1.807, 2.05) is 12.1 Å². The van der Waals surface area contributed by atoms with Crippen molar-refractivity contribution in [2.24, 2.45) is 0 Å². The van der Waals surface area contributed by atoms with E-state index in [2.05, 4.69) is 17.1 Å². The summed E-state index contributed by atoms with van der Waals surface area (Å²) in [7, 11) is -3.12. The van der Waals surface area contributed by atoms with Crippen molar-refractivity contribution in [3.63, 3.8) is 0 Å². The van der Waals surface area contributed by atoms with Gasteiger partial charge in [0.1, 0.15) is 0 Å². The molecule has 2 rings (SSSR count). The summed E-state index contributed by atoms with van der Waals surface area (Å²) >= 11 is 0. The van der Waals surface area contributed by atoms with Gasteiger partial charge in [0.25, 0.3) is 0 Å². The van der Waals surface area contributed by atoms with E-state index in [1.165, 1.54) is 6.26 Å². The zero-order valence-electron chi connectivity index (χ0n) is 12.7. The molecule has 1 saturated heterocycles. The third-order valence-electron chi connectivity index (χ3n) is 3.79. The Kier molecular flexibility index (Phi) is 5.75. The number of hydrogen-bond donors (Lipinski definition) is 1. The van der Waals surface area contributed by atoms with Crippen molar-refractivity contribution in [2.45, 2.75) is 17.9 Å². The third-order valence-corrected chi connectivity index (χ3v) is 4.92. The minimum atomic E-state index is -3.12. The Morgan fingerprint density at radius 2 is 1.86 bits per heavy atom. The van der Waals surface area contributed by atoms with Crippen molar-refractivity contribution in [2.75, 3.05) is 45.6 Å². The lowest BCUT2D eigenvalue weighted by Gasteiger charge is -2.27. The second-order valence-electron chi connectivity index (χ2n) is 5.47. The maximum Gasteiger partial charge on any atom is 0.175 e. The summed E-state index contributed by atoms with van der Waals surface area (Å²) in [4.78, 5) is 2.75. The normalized spacial score (nSPS) is 18.6. The number of morpholine rings is 1. The molecule has 0 saturated carbocycles. The van der Waals surface area contributed by atoms with E-state index in [1.54, 1.807) is 12.1 Å². The van der Waals surface area contributed by atoms with Crippen molar-refractivity contribution < 1.29 is 13.2 Å². The van der Waals surface area contributed by atoms with Gasteiger partial charge in [0.2, 0.25) is 0 Å². The van der Waals surface area contributed by atoms with Gasteiger partial charge >= 0.3 is 0 Å². The number of rotatable bonds is 6. The van der Waals surface area contributed by atoms with Gasteiger partial charge in [-0.15, -0.1) is 0 Å². The number of ether oxygens (including phenoxy) is 1. The van der Waals surface area contributed by atoms with E-state index < -0.39 is 9.84 Å². The van der Waals surface area contributed by atoms with Crippen molar-refractivity contribution in [3.8, 4) is 0 Å². The predicted octanol–water partition coefficient (Wildman–Crippen LogP) is 1.07. The number of benzene rings is 1. The topological polar surface area (TPSA) is 58.6 Å². The molecular weight excluding hydrogens is 288 g/mol. The Bertz CT molecular complexity index is 537. The highest BCUT2D eigenvalue weighted by Crippen LogP contribution is 2.16. The van der Waals surface area contributed by atoms with Crippen LogP contribution < -0.4 is 5.32 Å². The van der Waals surface area contributed by atoms with Crippen LogP contribution in [0.1, 0.15) is 18.5 Å². The van der Waals surface area contributed by atoms with E-state index in [9.17, 15) is 8.42 Å². The van der Waals surface area contributed by atoms with Gasteiger partial charge in [-0.25, -0.2) is 8.42 Å². The zero-order valence-corrected chi connectivity index (χ0v) is 13.5. The van der Waals surface area contributed by atoms with Crippen LogP contribution in [-0.4, -0.2) is 59.0 Å². The highest BCUT2D eigenvalue weighted by atomic mass is 32.2. The largest absolute Gasteiger partial charge is 0.379 e. The third kappa shape index (κ3) is 5.07. The minimum Gasteiger partial charge on any atom is -0.379 e. The van der Waals surface area contributed by atoms with Crippen LogP contribution in [0.3, 0.4) is 0 Å². The van der Waals surface area contributed by atoms with Crippen LogP contribution in [0.15, 0.2) is 29.2 Å². The highest BCUT2D eigenvalue weighted by Gasteiger charge is 2.11. The molecule has 1 N–H and O–H groups in total. The number of nitrogens with zero attached hydrogens (tertiary/aromatic N) is 1. The molecule has 1 unspecified atom stereocenters. The van der Waals surface area contributed by atoms with Gasteiger partial charge in [-0.2, -0.15) is 0 Å².